The third-order valence-electron chi connectivity index (χ3n) is 3.89. The maximum atomic E-state index is 12.5. The van der Waals surface area contributed by atoms with Gasteiger partial charge in [-0.2, -0.15) is 0 Å². The second-order valence-corrected chi connectivity index (χ2v) is 7.40. The third kappa shape index (κ3) is 7.15. The Morgan fingerprint density at radius 3 is 2.28 bits per heavy atom. The van der Waals surface area contributed by atoms with Gasteiger partial charge in [0.25, 0.3) is 5.91 Å². The van der Waals surface area contributed by atoms with Crippen molar-refractivity contribution in [3.8, 4) is 0 Å². The Bertz CT molecular complexity index is 861. The van der Waals surface area contributed by atoms with Crippen LogP contribution in [0, 0.1) is 6.92 Å². The molecule has 1 aromatic heterocycles. The minimum atomic E-state index is -0.649. The summed E-state index contributed by atoms with van der Waals surface area (Å²) >= 11 is 1.37. The molecule has 0 bridgehead atoms. The van der Waals surface area contributed by atoms with Crippen molar-refractivity contribution in [3.05, 3.63) is 52.2 Å². The van der Waals surface area contributed by atoms with Gasteiger partial charge in [-0.15, -0.1) is 11.3 Å². The number of nitrogens with zero attached hydrogens (tertiary/aromatic N) is 1. The van der Waals surface area contributed by atoms with Crippen LogP contribution in [0.4, 0.5) is 5.69 Å². The normalized spacial score (nSPS) is 10.3. The first-order chi connectivity index (χ1) is 13.9. The van der Waals surface area contributed by atoms with Crippen LogP contribution in [0.2, 0.25) is 0 Å². The Kier molecular flexibility index (Phi) is 8.54. The molecule has 154 valence electrons. The molecule has 2 aromatic rings. The molecule has 0 unspecified atom stereocenters. The van der Waals surface area contributed by atoms with Crippen LogP contribution in [-0.2, 0) is 23.9 Å². The number of anilines is 1. The number of esters is 2. The standard InChI is InChI=1S/C21H23NO6S/c1-3-27-21(26)13-22(16-7-5-4-6-8-16)19(24)14-28-20(25)12-10-17(23)18-11-9-15(2)29-18/h4-9,11H,3,10,12-14H2,1-2H3. The molecule has 2 rings (SSSR count). The molecule has 29 heavy (non-hydrogen) atoms. The summed E-state index contributed by atoms with van der Waals surface area (Å²) in [5, 5.41) is 0. The maximum Gasteiger partial charge on any atom is 0.326 e. The van der Waals surface area contributed by atoms with Gasteiger partial charge in [0.15, 0.2) is 12.4 Å². The van der Waals surface area contributed by atoms with Crippen molar-refractivity contribution in [2.45, 2.75) is 26.7 Å². The molecular weight excluding hydrogens is 394 g/mol. The van der Waals surface area contributed by atoms with E-state index in [2.05, 4.69) is 0 Å². The molecule has 0 saturated heterocycles. The highest BCUT2D eigenvalue weighted by molar-refractivity contribution is 7.14. The summed E-state index contributed by atoms with van der Waals surface area (Å²) in [6.07, 6.45) is -0.107. The highest BCUT2D eigenvalue weighted by Crippen LogP contribution is 2.18. The van der Waals surface area contributed by atoms with Crippen LogP contribution >= 0.6 is 11.3 Å². The minimum Gasteiger partial charge on any atom is -0.465 e. The summed E-state index contributed by atoms with van der Waals surface area (Å²) in [6, 6.07) is 12.1. The second kappa shape index (κ2) is 11.1. The number of rotatable bonds is 10. The van der Waals surface area contributed by atoms with Gasteiger partial charge in [0.2, 0.25) is 0 Å². The van der Waals surface area contributed by atoms with E-state index in [4.69, 9.17) is 9.47 Å². The maximum absolute atomic E-state index is 12.5. The zero-order valence-electron chi connectivity index (χ0n) is 16.4. The Hall–Kier alpha value is -3.00. The summed E-state index contributed by atoms with van der Waals surface area (Å²) in [7, 11) is 0. The number of ether oxygens (including phenoxy) is 2. The lowest BCUT2D eigenvalue weighted by molar-refractivity contribution is -0.148. The summed E-state index contributed by atoms with van der Waals surface area (Å²) in [5.74, 6) is -1.91. The van der Waals surface area contributed by atoms with E-state index in [0.29, 0.717) is 10.6 Å². The van der Waals surface area contributed by atoms with E-state index in [1.165, 1.54) is 16.2 Å². The topological polar surface area (TPSA) is 90.0 Å². The predicted octanol–water partition coefficient (Wildman–Crippen LogP) is 3.16. The molecule has 0 spiro atoms. The average Bonchev–Trinajstić information content (AvgIpc) is 3.15. The SMILES string of the molecule is CCOC(=O)CN(C(=O)COC(=O)CCC(=O)c1ccc(C)s1)c1ccccc1. The van der Waals surface area contributed by atoms with E-state index in [0.717, 1.165) is 4.88 Å². The van der Waals surface area contributed by atoms with Crippen molar-refractivity contribution in [2.75, 3.05) is 24.7 Å². The number of hydrogen-bond acceptors (Lipinski definition) is 7. The first kappa shape index (κ1) is 22.3. The molecule has 0 aliphatic rings. The van der Waals surface area contributed by atoms with Crippen molar-refractivity contribution >= 4 is 40.7 Å². The number of para-hydroxylation sites is 1. The molecule has 8 heteroatoms. The van der Waals surface area contributed by atoms with Gasteiger partial charge in [0.1, 0.15) is 6.54 Å². The molecule has 1 aromatic carbocycles. The monoisotopic (exact) mass is 417 g/mol. The van der Waals surface area contributed by atoms with Crippen LogP contribution in [-0.4, -0.2) is 43.4 Å². The Balaban J connectivity index is 1.88. The highest BCUT2D eigenvalue weighted by atomic mass is 32.1. The first-order valence-electron chi connectivity index (χ1n) is 9.17. The molecule has 0 radical (unpaired) electrons. The van der Waals surface area contributed by atoms with Crippen LogP contribution in [0.3, 0.4) is 0 Å². The second-order valence-electron chi connectivity index (χ2n) is 6.11. The number of hydrogen-bond donors (Lipinski definition) is 0. The number of aryl methyl sites for hydroxylation is 1. The van der Waals surface area contributed by atoms with Gasteiger partial charge in [-0.3, -0.25) is 24.1 Å². The van der Waals surface area contributed by atoms with E-state index in [1.807, 2.05) is 13.0 Å². The number of amides is 1. The molecule has 0 N–H and O–H groups in total. The molecule has 0 aliphatic heterocycles. The van der Waals surface area contributed by atoms with Gasteiger partial charge in [0, 0.05) is 17.0 Å². The third-order valence-corrected chi connectivity index (χ3v) is 4.93. The van der Waals surface area contributed by atoms with Crippen molar-refractivity contribution < 1.29 is 28.7 Å². The molecular formula is C21H23NO6S. The molecule has 0 aliphatic carbocycles. The highest BCUT2D eigenvalue weighted by Gasteiger charge is 2.21. The van der Waals surface area contributed by atoms with E-state index < -0.39 is 24.5 Å². The van der Waals surface area contributed by atoms with E-state index >= 15 is 0 Å². The fourth-order valence-electron chi connectivity index (χ4n) is 2.48. The van der Waals surface area contributed by atoms with Crippen molar-refractivity contribution in [1.82, 2.24) is 0 Å². The lowest BCUT2D eigenvalue weighted by atomic mass is 10.2. The lowest BCUT2D eigenvalue weighted by Crippen LogP contribution is -2.39. The summed E-state index contributed by atoms with van der Waals surface area (Å²) in [4.78, 5) is 51.2. The number of ketones is 1. The zero-order chi connectivity index (χ0) is 21.2. The fourth-order valence-corrected chi connectivity index (χ4v) is 3.32. The van der Waals surface area contributed by atoms with Crippen molar-refractivity contribution in [3.63, 3.8) is 0 Å². The van der Waals surface area contributed by atoms with Crippen LogP contribution in [0.1, 0.15) is 34.3 Å². The average molecular weight is 417 g/mol. The molecule has 0 saturated carbocycles. The molecule has 1 amide bonds. The fraction of sp³-hybridized carbons (Fsp3) is 0.333. The Morgan fingerprint density at radius 2 is 1.66 bits per heavy atom. The zero-order valence-corrected chi connectivity index (χ0v) is 17.2. The summed E-state index contributed by atoms with van der Waals surface area (Å²) in [5.41, 5.74) is 0.491. The lowest BCUT2D eigenvalue weighted by Gasteiger charge is -2.21. The largest absolute Gasteiger partial charge is 0.465 e. The van der Waals surface area contributed by atoms with Gasteiger partial charge in [-0.1, -0.05) is 18.2 Å². The summed E-state index contributed by atoms with van der Waals surface area (Å²) < 4.78 is 9.91. The number of carbonyl (C=O) groups is 4. The van der Waals surface area contributed by atoms with Crippen LogP contribution < -0.4 is 4.90 Å². The van der Waals surface area contributed by atoms with Gasteiger partial charge in [-0.05, 0) is 38.1 Å². The number of benzene rings is 1. The number of carbonyl (C=O) groups excluding carboxylic acids is 4. The quantitative estimate of drug-likeness (QED) is 0.436. The van der Waals surface area contributed by atoms with Crippen molar-refractivity contribution in [1.29, 1.82) is 0 Å². The van der Waals surface area contributed by atoms with E-state index in [9.17, 15) is 19.2 Å². The smallest absolute Gasteiger partial charge is 0.326 e. The van der Waals surface area contributed by atoms with Crippen molar-refractivity contribution in [2.24, 2.45) is 0 Å². The first-order valence-corrected chi connectivity index (χ1v) is 9.98. The van der Waals surface area contributed by atoms with Crippen LogP contribution in [0.25, 0.3) is 0 Å². The molecule has 7 nitrogen and oxygen atoms in total. The molecule has 0 fully saturated rings. The van der Waals surface area contributed by atoms with Gasteiger partial charge in [-0.25, -0.2) is 0 Å². The number of thiophene rings is 1. The van der Waals surface area contributed by atoms with Gasteiger partial charge >= 0.3 is 11.9 Å². The van der Waals surface area contributed by atoms with E-state index in [-0.39, 0.29) is 31.8 Å². The van der Waals surface area contributed by atoms with E-state index in [1.54, 1.807) is 43.3 Å². The molecule has 0 atom stereocenters. The summed E-state index contributed by atoms with van der Waals surface area (Å²) in [6.45, 7) is 2.95. The van der Waals surface area contributed by atoms with Gasteiger partial charge < -0.3 is 9.47 Å². The Morgan fingerprint density at radius 1 is 0.931 bits per heavy atom. The minimum absolute atomic E-state index is 0.0121. The Labute approximate surface area is 173 Å². The van der Waals surface area contributed by atoms with Gasteiger partial charge in [0.05, 0.1) is 17.9 Å². The van der Waals surface area contributed by atoms with Crippen LogP contribution in [0.15, 0.2) is 42.5 Å². The molecule has 1 heterocycles. The number of Topliss-reactive ketones (excluding diaryl/α,β-unsaturated/α-hetero) is 1. The van der Waals surface area contributed by atoms with Crippen LogP contribution in [0.5, 0.6) is 0 Å². The predicted molar refractivity (Wildman–Crippen MR) is 109 cm³/mol.